The molecule has 5 rings (SSSR count). The molecule has 154 valence electrons. The van der Waals surface area contributed by atoms with Crippen molar-refractivity contribution in [3.8, 4) is 0 Å². The first kappa shape index (κ1) is 18.9. The van der Waals surface area contributed by atoms with Crippen molar-refractivity contribution < 1.29 is 9.53 Å². The molecule has 9 heteroatoms. The molecule has 8 nitrogen and oxygen atoms in total. The van der Waals surface area contributed by atoms with Crippen molar-refractivity contribution in [2.75, 3.05) is 39.4 Å². The highest BCUT2D eigenvalue weighted by atomic mass is 32.1. The van der Waals surface area contributed by atoms with Gasteiger partial charge in [0, 0.05) is 31.1 Å². The number of fused-ring (bicyclic) bond motifs is 5. The van der Waals surface area contributed by atoms with E-state index in [1.54, 1.807) is 15.9 Å². The Labute approximate surface area is 173 Å². The Hall–Kier alpha value is -2.10. The number of aromatic nitrogens is 4. The molecule has 0 radical (unpaired) electrons. The lowest BCUT2D eigenvalue weighted by Crippen LogP contribution is -2.41. The van der Waals surface area contributed by atoms with Gasteiger partial charge in [-0.25, -0.2) is 9.97 Å². The fourth-order valence-corrected chi connectivity index (χ4v) is 5.79. The highest BCUT2D eigenvalue weighted by Crippen LogP contribution is 2.42. The lowest BCUT2D eigenvalue weighted by molar-refractivity contribution is 0.0383. The van der Waals surface area contributed by atoms with Crippen molar-refractivity contribution in [3.05, 3.63) is 22.1 Å². The SMILES string of the molecule is Cc1nc2sc3c(c2c2nc(C(=O)NCCN4CCOCC4)nn12)[C@@H](C)CCC3. The van der Waals surface area contributed by atoms with E-state index in [0.717, 1.165) is 61.0 Å². The van der Waals surface area contributed by atoms with Gasteiger partial charge in [0.25, 0.3) is 5.91 Å². The zero-order valence-electron chi connectivity index (χ0n) is 16.9. The summed E-state index contributed by atoms with van der Waals surface area (Å²) in [7, 11) is 0. The van der Waals surface area contributed by atoms with Crippen LogP contribution in [0.1, 0.15) is 52.6 Å². The van der Waals surface area contributed by atoms with Crippen molar-refractivity contribution in [1.29, 1.82) is 0 Å². The van der Waals surface area contributed by atoms with Crippen LogP contribution in [0.25, 0.3) is 15.9 Å². The molecule has 1 amide bonds. The first-order valence-corrected chi connectivity index (χ1v) is 11.2. The van der Waals surface area contributed by atoms with Crippen molar-refractivity contribution in [3.63, 3.8) is 0 Å². The van der Waals surface area contributed by atoms with Crippen LogP contribution in [0.5, 0.6) is 0 Å². The number of nitrogens with one attached hydrogen (secondary N) is 1. The summed E-state index contributed by atoms with van der Waals surface area (Å²) >= 11 is 1.77. The van der Waals surface area contributed by atoms with E-state index in [2.05, 4.69) is 27.2 Å². The number of hydrogen-bond acceptors (Lipinski definition) is 7. The van der Waals surface area contributed by atoms with E-state index in [9.17, 15) is 4.79 Å². The molecule has 0 saturated carbocycles. The van der Waals surface area contributed by atoms with Gasteiger partial charge in [0.05, 0.1) is 18.6 Å². The molecule has 1 aliphatic heterocycles. The molecule has 1 fully saturated rings. The minimum Gasteiger partial charge on any atom is -0.379 e. The molecule has 2 aliphatic rings. The van der Waals surface area contributed by atoms with Crippen LogP contribution in [-0.4, -0.2) is 69.8 Å². The Morgan fingerprint density at radius 3 is 2.97 bits per heavy atom. The fraction of sp³-hybridized carbons (Fsp3) is 0.600. The number of carbonyl (C=O) groups excluding carboxylic acids is 1. The number of rotatable bonds is 4. The number of carbonyl (C=O) groups is 1. The van der Waals surface area contributed by atoms with E-state index in [4.69, 9.17) is 9.72 Å². The van der Waals surface area contributed by atoms with Crippen molar-refractivity contribution >= 4 is 33.1 Å². The Morgan fingerprint density at radius 2 is 2.14 bits per heavy atom. The van der Waals surface area contributed by atoms with E-state index in [1.165, 1.54) is 23.3 Å². The van der Waals surface area contributed by atoms with Crippen molar-refractivity contribution in [2.45, 2.75) is 39.0 Å². The predicted molar refractivity (Wildman–Crippen MR) is 112 cm³/mol. The molecule has 1 aliphatic carbocycles. The van der Waals surface area contributed by atoms with E-state index >= 15 is 0 Å². The summed E-state index contributed by atoms with van der Waals surface area (Å²) in [6.07, 6.45) is 3.51. The minimum atomic E-state index is -0.230. The summed E-state index contributed by atoms with van der Waals surface area (Å²) in [6.45, 7) is 8.91. The normalized spacial score (nSPS) is 20.3. The zero-order chi connectivity index (χ0) is 20.0. The van der Waals surface area contributed by atoms with Crippen molar-refractivity contribution in [2.24, 2.45) is 0 Å². The van der Waals surface area contributed by atoms with Gasteiger partial charge in [-0.2, -0.15) is 4.52 Å². The van der Waals surface area contributed by atoms with Gasteiger partial charge in [-0.1, -0.05) is 6.92 Å². The second kappa shape index (κ2) is 7.62. The number of hydrogen-bond donors (Lipinski definition) is 1. The van der Waals surface area contributed by atoms with E-state index in [0.29, 0.717) is 12.5 Å². The van der Waals surface area contributed by atoms with Crippen LogP contribution in [0.3, 0.4) is 0 Å². The first-order valence-electron chi connectivity index (χ1n) is 10.4. The van der Waals surface area contributed by atoms with Crippen LogP contribution in [0.4, 0.5) is 0 Å². The molecular weight excluding hydrogens is 388 g/mol. The van der Waals surface area contributed by atoms with Gasteiger partial charge in [0.2, 0.25) is 5.82 Å². The van der Waals surface area contributed by atoms with Crippen molar-refractivity contribution in [1.82, 2.24) is 29.8 Å². The zero-order valence-corrected chi connectivity index (χ0v) is 17.7. The Bertz CT molecular complexity index is 1070. The third-order valence-electron chi connectivity index (χ3n) is 5.96. The molecule has 29 heavy (non-hydrogen) atoms. The van der Waals surface area contributed by atoms with Gasteiger partial charge in [0.15, 0.2) is 5.65 Å². The largest absolute Gasteiger partial charge is 0.379 e. The van der Waals surface area contributed by atoms with Crippen LogP contribution in [0.15, 0.2) is 0 Å². The van der Waals surface area contributed by atoms with Gasteiger partial charge < -0.3 is 10.1 Å². The lowest BCUT2D eigenvalue weighted by atomic mass is 9.87. The maximum absolute atomic E-state index is 12.7. The summed E-state index contributed by atoms with van der Waals surface area (Å²) < 4.78 is 7.09. The Balaban J connectivity index is 1.43. The molecule has 1 atom stereocenters. The molecule has 4 heterocycles. The smallest absolute Gasteiger partial charge is 0.291 e. The number of aryl methyl sites for hydroxylation is 2. The average molecular weight is 415 g/mol. The number of morpholine rings is 1. The van der Waals surface area contributed by atoms with Gasteiger partial charge in [-0.05, 0) is 37.7 Å². The summed E-state index contributed by atoms with van der Waals surface area (Å²) in [6, 6.07) is 0. The molecule has 3 aromatic heterocycles. The molecule has 1 N–H and O–H groups in total. The number of thiophene rings is 1. The number of amides is 1. The van der Waals surface area contributed by atoms with E-state index in [1.807, 2.05) is 6.92 Å². The van der Waals surface area contributed by atoms with E-state index in [-0.39, 0.29) is 11.7 Å². The molecule has 1 saturated heterocycles. The van der Waals surface area contributed by atoms with Crippen LogP contribution in [-0.2, 0) is 11.2 Å². The average Bonchev–Trinajstić information content (AvgIpc) is 3.31. The summed E-state index contributed by atoms with van der Waals surface area (Å²) in [5.41, 5.74) is 2.12. The second-order valence-electron chi connectivity index (χ2n) is 7.95. The molecule has 3 aromatic rings. The highest BCUT2D eigenvalue weighted by Gasteiger charge is 2.26. The quantitative estimate of drug-likeness (QED) is 0.704. The third kappa shape index (κ3) is 3.41. The van der Waals surface area contributed by atoms with Gasteiger partial charge >= 0.3 is 0 Å². The molecule has 0 bridgehead atoms. The van der Waals surface area contributed by atoms with Crippen LogP contribution < -0.4 is 5.32 Å². The number of nitrogens with zero attached hydrogens (tertiary/aromatic N) is 5. The fourth-order valence-electron chi connectivity index (χ4n) is 4.41. The van der Waals surface area contributed by atoms with Crippen LogP contribution in [0.2, 0.25) is 0 Å². The van der Waals surface area contributed by atoms with E-state index < -0.39 is 0 Å². The Morgan fingerprint density at radius 1 is 1.31 bits per heavy atom. The van der Waals surface area contributed by atoms with Gasteiger partial charge in [0.1, 0.15) is 10.7 Å². The van der Waals surface area contributed by atoms with Crippen LogP contribution >= 0.6 is 11.3 Å². The maximum atomic E-state index is 12.7. The molecule has 0 aromatic carbocycles. The number of ether oxygens (including phenoxy) is 1. The molecule has 0 unspecified atom stereocenters. The summed E-state index contributed by atoms with van der Waals surface area (Å²) in [5.74, 6) is 1.24. The summed E-state index contributed by atoms with van der Waals surface area (Å²) in [4.78, 5) is 26.8. The monoisotopic (exact) mass is 414 g/mol. The topological polar surface area (TPSA) is 84.7 Å². The minimum absolute atomic E-state index is 0.216. The maximum Gasteiger partial charge on any atom is 0.291 e. The Kier molecular flexibility index (Phi) is 4.97. The molecular formula is C20H26N6O2S. The predicted octanol–water partition coefficient (Wildman–Crippen LogP) is 2.15. The molecule has 0 spiro atoms. The van der Waals surface area contributed by atoms with Gasteiger partial charge in [-0.15, -0.1) is 16.4 Å². The van der Waals surface area contributed by atoms with Gasteiger partial charge in [-0.3, -0.25) is 9.69 Å². The summed E-state index contributed by atoms with van der Waals surface area (Å²) in [5, 5.41) is 8.53. The van der Waals surface area contributed by atoms with Crippen LogP contribution in [0, 0.1) is 6.92 Å². The standard InChI is InChI=1S/C20H26N6O2S/c1-12-4-3-5-14-15(12)16-18-23-17(24-26(18)13(2)22-20(16)29-14)19(27)21-6-7-25-8-10-28-11-9-25/h12H,3-11H2,1-2H3,(H,21,27)/t12-/m0/s1. The first-order chi connectivity index (χ1) is 14.1. The lowest BCUT2D eigenvalue weighted by Gasteiger charge is -2.26. The third-order valence-corrected chi connectivity index (χ3v) is 7.12. The second-order valence-corrected chi connectivity index (χ2v) is 9.04. The highest BCUT2D eigenvalue weighted by molar-refractivity contribution is 7.19.